The first-order valence-corrected chi connectivity index (χ1v) is 11.6. The maximum atomic E-state index is 9.99. The van der Waals surface area contributed by atoms with Gasteiger partial charge in [-0.25, -0.2) is 0 Å². The second-order valence-electron chi connectivity index (χ2n) is 8.03. The topological polar surface area (TPSA) is 79.2 Å². The van der Waals surface area contributed by atoms with Gasteiger partial charge in [0.25, 0.3) is 0 Å². The summed E-state index contributed by atoms with van der Waals surface area (Å²) < 4.78 is 11.0. The molecule has 166 valence electrons. The van der Waals surface area contributed by atoms with Gasteiger partial charge in [-0.1, -0.05) is 70.4 Å². The van der Waals surface area contributed by atoms with E-state index in [0.717, 1.165) is 12.8 Å². The highest BCUT2D eigenvalue weighted by Gasteiger charge is 2.38. The molecule has 5 heteroatoms. The number of ether oxygens (including phenoxy) is 2. The number of hydrogen-bond acceptors (Lipinski definition) is 5. The number of aliphatic hydroxyl groups excluding tert-OH is 3. The molecule has 1 rings (SSSR count). The van der Waals surface area contributed by atoms with Gasteiger partial charge >= 0.3 is 0 Å². The van der Waals surface area contributed by atoms with Gasteiger partial charge in [-0.3, -0.25) is 0 Å². The lowest BCUT2D eigenvalue weighted by Crippen LogP contribution is -2.55. The van der Waals surface area contributed by atoms with Crippen molar-refractivity contribution < 1.29 is 24.8 Å². The Morgan fingerprint density at radius 3 is 2.00 bits per heavy atom. The van der Waals surface area contributed by atoms with Crippen LogP contribution in [-0.2, 0) is 9.47 Å². The largest absolute Gasteiger partial charge is 0.394 e. The molecule has 1 heterocycles. The Labute approximate surface area is 172 Å². The van der Waals surface area contributed by atoms with Gasteiger partial charge in [0.15, 0.2) is 0 Å². The Balaban J connectivity index is 1.86. The van der Waals surface area contributed by atoms with Gasteiger partial charge < -0.3 is 24.8 Å². The van der Waals surface area contributed by atoms with E-state index < -0.39 is 24.4 Å². The molecular formula is C23H44O5. The van der Waals surface area contributed by atoms with Crippen molar-refractivity contribution in [2.45, 2.75) is 115 Å². The van der Waals surface area contributed by atoms with Crippen molar-refractivity contribution in [2.24, 2.45) is 0 Å². The van der Waals surface area contributed by atoms with Crippen LogP contribution >= 0.6 is 0 Å². The lowest BCUT2D eigenvalue weighted by atomic mass is 10.0. The lowest BCUT2D eigenvalue weighted by molar-refractivity contribution is -0.208. The average Bonchev–Trinajstić information content (AvgIpc) is 2.70. The van der Waals surface area contributed by atoms with Crippen molar-refractivity contribution in [3.8, 4) is 0 Å². The normalized spacial score (nSPS) is 25.6. The Morgan fingerprint density at radius 2 is 1.39 bits per heavy atom. The lowest BCUT2D eigenvalue weighted by Gasteiger charge is -2.36. The highest BCUT2D eigenvalue weighted by molar-refractivity contribution is 4.87. The van der Waals surface area contributed by atoms with Crippen LogP contribution < -0.4 is 0 Å². The number of allylic oxidation sites excluding steroid dienone is 2. The molecule has 5 nitrogen and oxygen atoms in total. The number of hydrogen-bond donors (Lipinski definition) is 3. The molecule has 1 aliphatic heterocycles. The van der Waals surface area contributed by atoms with Gasteiger partial charge in [0.2, 0.25) is 0 Å². The van der Waals surface area contributed by atoms with Crippen LogP contribution in [0.25, 0.3) is 0 Å². The molecule has 3 N–H and O–H groups in total. The van der Waals surface area contributed by atoms with E-state index in [1.54, 1.807) is 0 Å². The van der Waals surface area contributed by atoms with Crippen LogP contribution in [0.2, 0.25) is 0 Å². The molecule has 0 aromatic rings. The Hall–Kier alpha value is -0.460. The summed E-state index contributed by atoms with van der Waals surface area (Å²) in [6, 6.07) is 0. The quantitative estimate of drug-likeness (QED) is 0.253. The second-order valence-corrected chi connectivity index (χ2v) is 8.03. The van der Waals surface area contributed by atoms with Crippen LogP contribution in [0.1, 0.15) is 90.4 Å². The van der Waals surface area contributed by atoms with Crippen molar-refractivity contribution in [3.05, 3.63) is 12.2 Å². The maximum Gasteiger partial charge on any atom is 0.111 e. The van der Waals surface area contributed by atoms with Crippen molar-refractivity contribution in [1.29, 1.82) is 0 Å². The van der Waals surface area contributed by atoms with E-state index in [1.807, 2.05) is 0 Å². The summed E-state index contributed by atoms with van der Waals surface area (Å²) in [5, 5.41) is 28.9. The third-order valence-electron chi connectivity index (χ3n) is 5.50. The Kier molecular flexibility index (Phi) is 15.9. The second kappa shape index (κ2) is 17.4. The first kappa shape index (κ1) is 25.6. The summed E-state index contributed by atoms with van der Waals surface area (Å²) in [5.41, 5.74) is 0. The standard InChI is InChI=1S/C23H44O5/c1-2-3-4-5-6-7-8-9-10-11-12-13-14-15-16-17-27-21-19-28-20(18-24)22(25)23(21)26/h9-10,20-26H,2-8,11-19H2,1H3/b10-9+/t20-,21+,22-,23-/m0/s1. The molecule has 0 saturated carbocycles. The van der Waals surface area contributed by atoms with Crippen LogP contribution in [0.15, 0.2) is 12.2 Å². The van der Waals surface area contributed by atoms with Gasteiger partial charge in [-0.2, -0.15) is 0 Å². The molecular weight excluding hydrogens is 356 g/mol. The van der Waals surface area contributed by atoms with Crippen molar-refractivity contribution >= 4 is 0 Å². The zero-order valence-electron chi connectivity index (χ0n) is 17.9. The summed E-state index contributed by atoms with van der Waals surface area (Å²) in [4.78, 5) is 0. The minimum Gasteiger partial charge on any atom is -0.394 e. The van der Waals surface area contributed by atoms with E-state index in [4.69, 9.17) is 14.6 Å². The molecule has 0 unspecified atom stereocenters. The monoisotopic (exact) mass is 400 g/mol. The molecule has 1 aliphatic rings. The third-order valence-corrected chi connectivity index (χ3v) is 5.50. The summed E-state index contributed by atoms with van der Waals surface area (Å²) in [6.45, 7) is 2.75. The summed E-state index contributed by atoms with van der Waals surface area (Å²) in [7, 11) is 0. The SMILES string of the molecule is CCCCCCCC/C=C/CCCCCCCO[C@@H]1CO[C@@H](CO)[C@H](O)[C@H]1O. The summed E-state index contributed by atoms with van der Waals surface area (Å²) in [6.07, 6.45) is 17.8. The van der Waals surface area contributed by atoms with E-state index in [9.17, 15) is 10.2 Å². The highest BCUT2D eigenvalue weighted by Crippen LogP contribution is 2.18. The summed E-state index contributed by atoms with van der Waals surface area (Å²) >= 11 is 0. The fourth-order valence-electron chi connectivity index (χ4n) is 3.57. The summed E-state index contributed by atoms with van der Waals surface area (Å²) in [5.74, 6) is 0. The zero-order chi connectivity index (χ0) is 20.5. The Morgan fingerprint density at radius 1 is 0.821 bits per heavy atom. The minimum atomic E-state index is -1.09. The molecule has 0 aliphatic carbocycles. The first-order chi connectivity index (χ1) is 13.7. The van der Waals surface area contributed by atoms with Crippen LogP contribution in [0, 0.1) is 0 Å². The predicted molar refractivity (Wildman–Crippen MR) is 113 cm³/mol. The van der Waals surface area contributed by atoms with Gasteiger partial charge in [0.1, 0.15) is 24.4 Å². The maximum absolute atomic E-state index is 9.99. The first-order valence-electron chi connectivity index (χ1n) is 11.6. The predicted octanol–water partition coefficient (Wildman–Crippen LogP) is 4.13. The highest BCUT2D eigenvalue weighted by atomic mass is 16.6. The molecule has 0 spiro atoms. The Bertz CT molecular complexity index is 374. The van der Waals surface area contributed by atoms with Gasteiger partial charge in [-0.15, -0.1) is 0 Å². The molecule has 0 bridgehead atoms. The molecule has 0 aromatic heterocycles. The van der Waals surface area contributed by atoms with Crippen LogP contribution in [-0.4, -0.2) is 59.6 Å². The number of rotatable bonds is 17. The van der Waals surface area contributed by atoms with Gasteiger partial charge in [-0.05, 0) is 32.1 Å². The molecule has 0 amide bonds. The van der Waals surface area contributed by atoms with Gasteiger partial charge in [0.05, 0.1) is 13.2 Å². The van der Waals surface area contributed by atoms with E-state index >= 15 is 0 Å². The molecule has 0 aromatic carbocycles. The van der Waals surface area contributed by atoms with E-state index in [2.05, 4.69) is 19.1 Å². The molecule has 1 saturated heterocycles. The smallest absolute Gasteiger partial charge is 0.111 e. The third kappa shape index (κ3) is 11.5. The van der Waals surface area contributed by atoms with Crippen LogP contribution in [0.4, 0.5) is 0 Å². The van der Waals surface area contributed by atoms with Crippen molar-refractivity contribution in [2.75, 3.05) is 19.8 Å². The molecule has 0 radical (unpaired) electrons. The van der Waals surface area contributed by atoms with Crippen molar-refractivity contribution in [1.82, 2.24) is 0 Å². The fourth-order valence-corrected chi connectivity index (χ4v) is 3.57. The molecule has 28 heavy (non-hydrogen) atoms. The van der Waals surface area contributed by atoms with Gasteiger partial charge in [0, 0.05) is 6.61 Å². The minimum absolute atomic E-state index is 0.217. The zero-order valence-corrected chi connectivity index (χ0v) is 17.9. The van der Waals surface area contributed by atoms with E-state index in [1.165, 1.54) is 70.6 Å². The van der Waals surface area contributed by atoms with E-state index in [-0.39, 0.29) is 13.2 Å². The molecule has 4 atom stereocenters. The molecule has 1 fully saturated rings. The number of aliphatic hydroxyl groups is 3. The van der Waals surface area contributed by atoms with Crippen molar-refractivity contribution in [3.63, 3.8) is 0 Å². The van der Waals surface area contributed by atoms with Crippen LogP contribution in [0.5, 0.6) is 0 Å². The fraction of sp³-hybridized carbons (Fsp3) is 0.913. The average molecular weight is 401 g/mol. The van der Waals surface area contributed by atoms with Crippen LogP contribution in [0.3, 0.4) is 0 Å². The van der Waals surface area contributed by atoms with E-state index in [0.29, 0.717) is 6.61 Å². The number of unbranched alkanes of at least 4 members (excludes halogenated alkanes) is 11.